The van der Waals surface area contributed by atoms with Gasteiger partial charge in [0.2, 0.25) is 0 Å². The molecule has 20 heavy (non-hydrogen) atoms. The minimum absolute atomic E-state index is 0.172. The Hall–Kier alpha value is -0.770. The molecule has 0 atom stereocenters. The molecular formula is C16H25ClN2O. The van der Waals surface area contributed by atoms with Gasteiger partial charge in [-0.25, -0.2) is 0 Å². The maximum Gasteiger partial charge on any atom is 0.0662 e. The standard InChI is InChI=1S/C16H25ClN2O/c1-13(2)11-19-9-7-16(12-20,8-10-19)18-15-5-3-14(17)4-6-15/h3-6,13,18,20H,7-12H2,1-2H3. The smallest absolute Gasteiger partial charge is 0.0662 e. The Kier molecular flexibility index (Phi) is 5.30. The third-order valence-corrected chi connectivity index (χ3v) is 4.24. The molecule has 0 aromatic heterocycles. The number of nitrogens with zero attached hydrogens (tertiary/aromatic N) is 1. The molecule has 2 N–H and O–H groups in total. The normalized spacial score (nSPS) is 19.2. The number of hydrogen-bond acceptors (Lipinski definition) is 3. The van der Waals surface area contributed by atoms with Crippen LogP contribution in [0.2, 0.25) is 5.02 Å². The number of hydrogen-bond donors (Lipinski definition) is 2. The number of likely N-dealkylation sites (tertiary alicyclic amines) is 1. The molecule has 0 spiro atoms. The summed E-state index contributed by atoms with van der Waals surface area (Å²) in [5.41, 5.74) is 0.835. The lowest BCUT2D eigenvalue weighted by Gasteiger charge is -2.42. The van der Waals surface area contributed by atoms with Crippen LogP contribution in [0.25, 0.3) is 0 Å². The molecule has 0 saturated carbocycles. The summed E-state index contributed by atoms with van der Waals surface area (Å²) in [6, 6.07) is 7.70. The predicted molar refractivity (Wildman–Crippen MR) is 85.4 cm³/mol. The fourth-order valence-corrected chi connectivity index (χ4v) is 2.97. The lowest BCUT2D eigenvalue weighted by atomic mass is 9.87. The van der Waals surface area contributed by atoms with Crippen LogP contribution in [0, 0.1) is 5.92 Å². The zero-order chi connectivity index (χ0) is 14.6. The van der Waals surface area contributed by atoms with Crippen LogP contribution in [-0.4, -0.2) is 41.8 Å². The van der Waals surface area contributed by atoms with Gasteiger partial charge < -0.3 is 15.3 Å². The molecule has 0 aliphatic carbocycles. The Morgan fingerprint density at radius 1 is 1.25 bits per heavy atom. The van der Waals surface area contributed by atoms with Crippen molar-refractivity contribution in [3.05, 3.63) is 29.3 Å². The first-order valence-electron chi connectivity index (χ1n) is 7.40. The van der Waals surface area contributed by atoms with Gasteiger partial charge in [-0.3, -0.25) is 0 Å². The third-order valence-electron chi connectivity index (χ3n) is 3.99. The molecular weight excluding hydrogens is 272 g/mol. The Bertz CT molecular complexity index is 411. The van der Waals surface area contributed by atoms with E-state index in [0.717, 1.165) is 43.2 Å². The molecule has 1 heterocycles. The van der Waals surface area contributed by atoms with Crippen molar-refractivity contribution in [1.29, 1.82) is 0 Å². The van der Waals surface area contributed by atoms with Crippen LogP contribution >= 0.6 is 11.6 Å². The first kappa shape index (κ1) is 15.6. The first-order valence-corrected chi connectivity index (χ1v) is 7.78. The number of aliphatic hydroxyl groups is 1. The number of piperidine rings is 1. The molecule has 1 saturated heterocycles. The van der Waals surface area contributed by atoms with E-state index in [2.05, 4.69) is 24.1 Å². The SMILES string of the molecule is CC(C)CN1CCC(CO)(Nc2ccc(Cl)cc2)CC1. The van der Waals surface area contributed by atoms with E-state index in [1.54, 1.807) is 0 Å². The minimum Gasteiger partial charge on any atom is -0.394 e. The molecule has 1 fully saturated rings. The van der Waals surface area contributed by atoms with Gasteiger partial charge in [-0.1, -0.05) is 25.4 Å². The molecule has 0 unspecified atom stereocenters. The highest BCUT2D eigenvalue weighted by Crippen LogP contribution is 2.27. The van der Waals surface area contributed by atoms with E-state index >= 15 is 0 Å². The third kappa shape index (κ3) is 4.11. The van der Waals surface area contributed by atoms with Crippen LogP contribution in [0.1, 0.15) is 26.7 Å². The summed E-state index contributed by atoms with van der Waals surface area (Å²) in [7, 11) is 0. The molecule has 1 aliphatic rings. The summed E-state index contributed by atoms with van der Waals surface area (Å²) >= 11 is 5.91. The van der Waals surface area contributed by atoms with E-state index in [4.69, 9.17) is 11.6 Å². The van der Waals surface area contributed by atoms with Crippen LogP contribution in [-0.2, 0) is 0 Å². The van der Waals surface area contributed by atoms with Gasteiger partial charge >= 0.3 is 0 Å². The van der Waals surface area contributed by atoms with E-state index < -0.39 is 0 Å². The molecule has 2 rings (SSSR count). The van der Waals surface area contributed by atoms with Crippen molar-refractivity contribution in [2.24, 2.45) is 5.92 Å². The second-order valence-electron chi connectivity index (χ2n) is 6.26. The monoisotopic (exact) mass is 296 g/mol. The predicted octanol–water partition coefficient (Wildman–Crippen LogP) is 3.23. The second-order valence-corrected chi connectivity index (χ2v) is 6.70. The average Bonchev–Trinajstić information content (AvgIpc) is 2.43. The summed E-state index contributed by atoms with van der Waals surface area (Å²) in [5, 5.41) is 14.1. The molecule has 1 aliphatic heterocycles. The van der Waals surface area contributed by atoms with E-state index in [9.17, 15) is 5.11 Å². The van der Waals surface area contributed by atoms with Gasteiger partial charge in [0.1, 0.15) is 0 Å². The first-order chi connectivity index (χ1) is 9.53. The largest absolute Gasteiger partial charge is 0.394 e. The molecule has 0 radical (unpaired) electrons. The highest BCUT2D eigenvalue weighted by molar-refractivity contribution is 6.30. The van der Waals surface area contributed by atoms with Gasteiger partial charge in [0.25, 0.3) is 0 Å². The van der Waals surface area contributed by atoms with Crippen LogP contribution in [0.4, 0.5) is 5.69 Å². The number of benzene rings is 1. The highest BCUT2D eigenvalue weighted by Gasteiger charge is 2.33. The Morgan fingerprint density at radius 3 is 2.35 bits per heavy atom. The minimum atomic E-state index is -0.193. The van der Waals surface area contributed by atoms with E-state index in [-0.39, 0.29) is 12.1 Å². The van der Waals surface area contributed by atoms with E-state index in [1.807, 2.05) is 24.3 Å². The van der Waals surface area contributed by atoms with Gasteiger partial charge in [0.05, 0.1) is 12.1 Å². The van der Waals surface area contributed by atoms with Crippen molar-refractivity contribution in [2.45, 2.75) is 32.2 Å². The summed E-state index contributed by atoms with van der Waals surface area (Å²) in [4.78, 5) is 2.49. The van der Waals surface area contributed by atoms with Crippen LogP contribution in [0.3, 0.4) is 0 Å². The van der Waals surface area contributed by atoms with E-state index in [1.165, 1.54) is 0 Å². The lowest BCUT2D eigenvalue weighted by Crippen LogP contribution is -2.52. The Balaban J connectivity index is 1.96. The molecule has 1 aromatic rings. The molecule has 112 valence electrons. The Morgan fingerprint density at radius 2 is 1.85 bits per heavy atom. The molecule has 0 bridgehead atoms. The van der Waals surface area contributed by atoms with Crippen molar-refractivity contribution in [1.82, 2.24) is 4.90 Å². The molecule has 3 nitrogen and oxygen atoms in total. The van der Waals surface area contributed by atoms with Gasteiger partial charge in [0, 0.05) is 30.3 Å². The molecule has 1 aromatic carbocycles. The van der Waals surface area contributed by atoms with Crippen LogP contribution in [0.5, 0.6) is 0 Å². The fourth-order valence-electron chi connectivity index (χ4n) is 2.84. The van der Waals surface area contributed by atoms with Gasteiger partial charge in [-0.05, 0) is 43.0 Å². The van der Waals surface area contributed by atoms with Gasteiger partial charge in [-0.2, -0.15) is 0 Å². The number of nitrogens with one attached hydrogen (secondary N) is 1. The maximum absolute atomic E-state index is 9.82. The summed E-state index contributed by atoms with van der Waals surface area (Å²) in [5.74, 6) is 0.695. The van der Waals surface area contributed by atoms with Gasteiger partial charge in [-0.15, -0.1) is 0 Å². The van der Waals surface area contributed by atoms with E-state index in [0.29, 0.717) is 5.92 Å². The summed E-state index contributed by atoms with van der Waals surface area (Å²) in [6.07, 6.45) is 1.94. The lowest BCUT2D eigenvalue weighted by molar-refractivity contribution is 0.111. The van der Waals surface area contributed by atoms with Crippen molar-refractivity contribution in [2.75, 3.05) is 31.6 Å². The van der Waals surface area contributed by atoms with Crippen LogP contribution in [0.15, 0.2) is 24.3 Å². The molecule has 4 heteroatoms. The number of rotatable bonds is 5. The van der Waals surface area contributed by atoms with Crippen molar-refractivity contribution >= 4 is 17.3 Å². The summed E-state index contributed by atoms with van der Waals surface area (Å²) in [6.45, 7) is 7.89. The summed E-state index contributed by atoms with van der Waals surface area (Å²) < 4.78 is 0. The number of aliphatic hydroxyl groups excluding tert-OH is 1. The van der Waals surface area contributed by atoms with Crippen molar-refractivity contribution in [3.8, 4) is 0 Å². The fraction of sp³-hybridized carbons (Fsp3) is 0.625. The zero-order valence-corrected chi connectivity index (χ0v) is 13.2. The average molecular weight is 297 g/mol. The quantitative estimate of drug-likeness (QED) is 0.876. The van der Waals surface area contributed by atoms with Crippen molar-refractivity contribution in [3.63, 3.8) is 0 Å². The van der Waals surface area contributed by atoms with Gasteiger partial charge in [0.15, 0.2) is 0 Å². The Labute approximate surface area is 126 Å². The molecule has 0 amide bonds. The topological polar surface area (TPSA) is 35.5 Å². The second kappa shape index (κ2) is 6.79. The number of halogens is 1. The van der Waals surface area contributed by atoms with Crippen molar-refractivity contribution < 1.29 is 5.11 Å². The highest BCUT2D eigenvalue weighted by atomic mass is 35.5. The zero-order valence-electron chi connectivity index (χ0n) is 12.4. The number of anilines is 1. The maximum atomic E-state index is 9.82. The van der Waals surface area contributed by atoms with Crippen LogP contribution < -0.4 is 5.32 Å².